The molecule has 1 N–H and O–H groups in total. The summed E-state index contributed by atoms with van der Waals surface area (Å²) in [5, 5.41) is 14.2. The largest absolute Gasteiger partial charge is 0.239 e. The van der Waals surface area contributed by atoms with Crippen LogP contribution in [0.4, 0.5) is 0 Å². The van der Waals surface area contributed by atoms with Crippen LogP contribution in [0.25, 0.3) is 11.4 Å². The van der Waals surface area contributed by atoms with Crippen LogP contribution < -0.4 is 0 Å². The number of nitrogens with one attached hydrogen (secondary N) is 1. The molecule has 2 aromatic rings. The first-order valence-electron chi connectivity index (χ1n) is 3.77. The zero-order valence-corrected chi connectivity index (χ0v) is 7.71. The van der Waals surface area contributed by atoms with Crippen molar-refractivity contribution in [1.82, 2.24) is 20.6 Å². The first kappa shape index (κ1) is 8.19. The average molecular weight is 195 g/mol. The van der Waals surface area contributed by atoms with Crippen molar-refractivity contribution in [2.45, 2.75) is 6.92 Å². The number of hydrogen-bond acceptors (Lipinski definition) is 3. The van der Waals surface area contributed by atoms with Gasteiger partial charge >= 0.3 is 0 Å². The Morgan fingerprint density at radius 3 is 2.85 bits per heavy atom. The molecule has 0 aliphatic heterocycles. The van der Waals surface area contributed by atoms with Crippen LogP contribution in [0.5, 0.6) is 0 Å². The van der Waals surface area contributed by atoms with Gasteiger partial charge in [0.05, 0.1) is 0 Å². The van der Waals surface area contributed by atoms with Crippen LogP contribution in [0, 0.1) is 6.92 Å². The third-order valence-electron chi connectivity index (χ3n) is 1.79. The minimum Gasteiger partial charge on any atom is -0.239 e. The fourth-order valence-corrected chi connectivity index (χ4v) is 1.39. The summed E-state index contributed by atoms with van der Waals surface area (Å²) in [6, 6.07) is 5.58. The van der Waals surface area contributed by atoms with E-state index >= 15 is 0 Å². The first-order valence-corrected chi connectivity index (χ1v) is 4.15. The summed E-state index contributed by atoms with van der Waals surface area (Å²) in [6.07, 6.45) is 0. The molecule has 13 heavy (non-hydrogen) atoms. The smallest absolute Gasteiger partial charge is 0.179 e. The third kappa shape index (κ3) is 1.53. The van der Waals surface area contributed by atoms with E-state index in [0.29, 0.717) is 10.8 Å². The van der Waals surface area contributed by atoms with E-state index in [-0.39, 0.29) is 0 Å². The fourth-order valence-electron chi connectivity index (χ4n) is 1.17. The number of H-pyrrole nitrogens is 1. The summed E-state index contributed by atoms with van der Waals surface area (Å²) in [7, 11) is 0. The van der Waals surface area contributed by atoms with Crippen molar-refractivity contribution < 1.29 is 0 Å². The molecule has 0 saturated carbocycles. The van der Waals surface area contributed by atoms with Crippen molar-refractivity contribution in [2.75, 3.05) is 0 Å². The molecule has 5 heteroatoms. The van der Waals surface area contributed by atoms with E-state index < -0.39 is 0 Å². The fraction of sp³-hybridized carbons (Fsp3) is 0.125. The van der Waals surface area contributed by atoms with E-state index in [2.05, 4.69) is 20.6 Å². The number of halogens is 1. The molecular weight excluding hydrogens is 188 g/mol. The highest BCUT2D eigenvalue weighted by Crippen LogP contribution is 2.21. The van der Waals surface area contributed by atoms with Gasteiger partial charge in [-0.15, -0.1) is 5.10 Å². The number of benzene rings is 1. The zero-order chi connectivity index (χ0) is 9.26. The predicted octanol–water partition coefficient (Wildman–Crippen LogP) is 1.83. The zero-order valence-electron chi connectivity index (χ0n) is 6.95. The molecule has 1 aromatic heterocycles. The Labute approximate surface area is 79.9 Å². The van der Waals surface area contributed by atoms with Gasteiger partial charge in [-0.25, -0.2) is 5.10 Å². The molecule has 1 aromatic carbocycles. The van der Waals surface area contributed by atoms with Crippen molar-refractivity contribution >= 4 is 11.6 Å². The lowest BCUT2D eigenvalue weighted by atomic mass is 10.1. The summed E-state index contributed by atoms with van der Waals surface area (Å²) >= 11 is 5.82. The van der Waals surface area contributed by atoms with Crippen LogP contribution in [0.3, 0.4) is 0 Å². The van der Waals surface area contributed by atoms with E-state index in [1.807, 2.05) is 25.1 Å². The molecule has 0 radical (unpaired) electrons. The van der Waals surface area contributed by atoms with E-state index in [0.717, 1.165) is 11.1 Å². The number of aromatic nitrogens is 4. The van der Waals surface area contributed by atoms with Crippen LogP contribution in [-0.2, 0) is 0 Å². The Kier molecular flexibility index (Phi) is 1.98. The molecule has 0 aliphatic carbocycles. The van der Waals surface area contributed by atoms with Crippen LogP contribution in [-0.4, -0.2) is 20.6 Å². The van der Waals surface area contributed by atoms with Gasteiger partial charge in [-0.3, -0.25) is 0 Å². The highest BCUT2D eigenvalue weighted by Gasteiger charge is 2.04. The van der Waals surface area contributed by atoms with Crippen LogP contribution in [0.1, 0.15) is 5.56 Å². The highest BCUT2D eigenvalue weighted by atomic mass is 35.5. The van der Waals surface area contributed by atoms with Crippen molar-refractivity contribution in [3.05, 3.63) is 28.8 Å². The SMILES string of the molecule is Cc1cc(Cl)ccc1-c1nnn[nH]1. The molecule has 0 spiro atoms. The van der Waals surface area contributed by atoms with E-state index in [1.165, 1.54) is 0 Å². The molecule has 2 rings (SSSR count). The van der Waals surface area contributed by atoms with E-state index in [9.17, 15) is 0 Å². The Morgan fingerprint density at radius 2 is 2.23 bits per heavy atom. The molecule has 0 amide bonds. The summed E-state index contributed by atoms with van der Waals surface area (Å²) in [5.74, 6) is 0.661. The second-order valence-electron chi connectivity index (χ2n) is 2.71. The van der Waals surface area contributed by atoms with Crippen LogP contribution >= 0.6 is 11.6 Å². The van der Waals surface area contributed by atoms with Gasteiger partial charge in [0.15, 0.2) is 5.82 Å². The average Bonchev–Trinajstić information content (AvgIpc) is 2.56. The molecule has 0 saturated heterocycles. The van der Waals surface area contributed by atoms with Gasteiger partial charge in [0, 0.05) is 10.6 Å². The number of rotatable bonds is 1. The van der Waals surface area contributed by atoms with E-state index in [1.54, 1.807) is 0 Å². The minimum absolute atomic E-state index is 0.661. The van der Waals surface area contributed by atoms with Crippen LogP contribution in [0.2, 0.25) is 5.02 Å². The molecule has 0 unspecified atom stereocenters. The van der Waals surface area contributed by atoms with Gasteiger partial charge < -0.3 is 0 Å². The second-order valence-corrected chi connectivity index (χ2v) is 3.15. The number of nitrogens with zero attached hydrogens (tertiary/aromatic N) is 3. The molecule has 4 nitrogen and oxygen atoms in total. The van der Waals surface area contributed by atoms with E-state index in [4.69, 9.17) is 11.6 Å². The van der Waals surface area contributed by atoms with Gasteiger partial charge in [-0.1, -0.05) is 11.6 Å². The molecule has 0 atom stereocenters. The number of aryl methyl sites for hydroxylation is 1. The normalized spacial score (nSPS) is 10.3. The standard InChI is InChI=1S/C8H7ClN4/c1-5-4-6(9)2-3-7(5)8-10-12-13-11-8/h2-4H,1H3,(H,10,11,12,13). The lowest BCUT2D eigenvalue weighted by Gasteiger charge is -2.00. The Bertz CT molecular complexity index is 410. The summed E-state index contributed by atoms with van der Waals surface area (Å²) in [4.78, 5) is 0. The molecule has 66 valence electrons. The summed E-state index contributed by atoms with van der Waals surface area (Å²) < 4.78 is 0. The van der Waals surface area contributed by atoms with Gasteiger partial charge in [0.2, 0.25) is 0 Å². The maximum absolute atomic E-state index is 5.82. The number of tetrazole rings is 1. The maximum Gasteiger partial charge on any atom is 0.179 e. The van der Waals surface area contributed by atoms with Gasteiger partial charge in [-0.05, 0) is 41.1 Å². The van der Waals surface area contributed by atoms with Crippen LogP contribution in [0.15, 0.2) is 18.2 Å². The lowest BCUT2D eigenvalue weighted by molar-refractivity contribution is 0.881. The number of aromatic amines is 1. The Hall–Kier alpha value is -1.42. The van der Waals surface area contributed by atoms with Crippen molar-refractivity contribution in [1.29, 1.82) is 0 Å². The molecule has 1 heterocycles. The summed E-state index contributed by atoms with van der Waals surface area (Å²) in [6.45, 7) is 1.96. The molecule has 0 bridgehead atoms. The third-order valence-corrected chi connectivity index (χ3v) is 2.02. The topological polar surface area (TPSA) is 54.5 Å². The monoisotopic (exact) mass is 194 g/mol. The second kappa shape index (κ2) is 3.14. The first-order chi connectivity index (χ1) is 6.27. The highest BCUT2D eigenvalue weighted by molar-refractivity contribution is 6.30. The lowest BCUT2D eigenvalue weighted by Crippen LogP contribution is -1.85. The molecular formula is C8H7ClN4. The Morgan fingerprint density at radius 1 is 1.38 bits per heavy atom. The summed E-state index contributed by atoms with van der Waals surface area (Å²) in [5.41, 5.74) is 2.01. The minimum atomic E-state index is 0.661. The molecule has 0 fully saturated rings. The predicted molar refractivity (Wildman–Crippen MR) is 49.4 cm³/mol. The van der Waals surface area contributed by atoms with Crippen molar-refractivity contribution in [3.8, 4) is 11.4 Å². The quantitative estimate of drug-likeness (QED) is 0.754. The number of hydrogen-bond donors (Lipinski definition) is 1. The van der Waals surface area contributed by atoms with Crippen molar-refractivity contribution in [3.63, 3.8) is 0 Å². The van der Waals surface area contributed by atoms with Crippen molar-refractivity contribution in [2.24, 2.45) is 0 Å². The molecule has 0 aliphatic rings. The maximum atomic E-state index is 5.82. The van der Waals surface area contributed by atoms with Gasteiger partial charge in [-0.2, -0.15) is 0 Å². The Balaban J connectivity index is 2.53. The van der Waals surface area contributed by atoms with Gasteiger partial charge in [0.1, 0.15) is 0 Å². The van der Waals surface area contributed by atoms with Gasteiger partial charge in [0.25, 0.3) is 0 Å².